The molecule has 0 saturated heterocycles. The Morgan fingerprint density at radius 3 is 2.53 bits per heavy atom. The Bertz CT molecular complexity index is 356. The van der Waals surface area contributed by atoms with Crippen molar-refractivity contribution in [2.24, 2.45) is 0 Å². The monoisotopic (exact) mass is 210 g/mol. The van der Waals surface area contributed by atoms with Gasteiger partial charge in [0.1, 0.15) is 0 Å². The van der Waals surface area contributed by atoms with Crippen LogP contribution in [0.2, 0.25) is 0 Å². The lowest BCUT2D eigenvalue weighted by Crippen LogP contribution is -2.06. The van der Waals surface area contributed by atoms with E-state index >= 15 is 0 Å². The van der Waals surface area contributed by atoms with Crippen LogP contribution in [0.3, 0.4) is 0 Å². The van der Waals surface area contributed by atoms with E-state index in [9.17, 15) is 4.79 Å². The van der Waals surface area contributed by atoms with Gasteiger partial charge < -0.3 is 4.74 Å². The minimum absolute atomic E-state index is 0.159. The number of aryl methyl sites for hydroxylation is 2. The largest absolute Gasteiger partial charge is 0.469 e. The lowest BCUT2D eigenvalue weighted by Gasteiger charge is -2.03. The molecular formula is C11H18N2O2. The maximum absolute atomic E-state index is 10.9. The number of esters is 1. The number of nitrogens with zero attached hydrogens (tertiary/aromatic N) is 2. The molecule has 0 aliphatic heterocycles. The zero-order valence-electron chi connectivity index (χ0n) is 9.83. The first-order chi connectivity index (χ1) is 7.06. The Kier molecular flexibility index (Phi) is 3.88. The van der Waals surface area contributed by atoms with E-state index in [1.54, 1.807) is 0 Å². The molecule has 15 heavy (non-hydrogen) atoms. The predicted molar refractivity (Wildman–Crippen MR) is 57.7 cm³/mol. The molecule has 4 heteroatoms. The predicted octanol–water partition coefficient (Wildman–Crippen LogP) is 1.76. The summed E-state index contributed by atoms with van der Waals surface area (Å²) in [5.41, 5.74) is 3.47. The van der Waals surface area contributed by atoms with Gasteiger partial charge in [0.15, 0.2) is 0 Å². The summed E-state index contributed by atoms with van der Waals surface area (Å²) in [6.45, 7) is 6.89. The van der Waals surface area contributed by atoms with E-state index < -0.39 is 0 Å². The van der Waals surface area contributed by atoms with Crippen LogP contribution in [0.5, 0.6) is 0 Å². The second-order valence-corrected chi connectivity index (χ2v) is 3.70. The number of hydrogen-bond acceptors (Lipinski definition) is 3. The summed E-state index contributed by atoms with van der Waals surface area (Å²) in [5, 5.41) is 4.40. The second-order valence-electron chi connectivity index (χ2n) is 3.70. The van der Waals surface area contributed by atoms with Gasteiger partial charge in [0.2, 0.25) is 0 Å². The zero-order chi connectivity index (χ0) is 11.4. The first kappa shape index (κ1) is 11.8. The molecule has 0 N–H and O–H groups in total. The topological polar surface area (TPSA) is 44.1 Å². The van der Waals surface area contributed by atoms with Crippen LogP contribution in [0.4, 0.5) is 0 Å². The lowest BCUT2D eigenvalue weighted by atomic mass is 10.2. The highest BCUT2D eigenvalue weighted by atomic mass is 16.5. The first-order valence-electron chi connectivity index (χ1n) is 5.13. The van der Waals surface area contributed by atoms with Crippen LogP contribution in [-0.2, 0) is 16.1 Å². The molecule has 0 saturated carbocycles. The lowest BCUT2D eigenvalue weighted by molar-refractivity contribution is -0.140. The van der Waals surface area contributed by atoms with E-state index in [2.05, 4.69) is 16.8 Å². The molecule has 84 valence electrons. The van der Waals surface area contributed by atoms with Gasteiger partial charge in [-0.2, -0.15) is 5.10 Å². The summed E-state index contributed by atoms with van der Waals surface area (Å²) in [7, 11) is 1.41. The quantitative estimate of drug-likeness (QED) is 0.711. The van der Waals surface area contributed by atoms with Gasteiger partial charge in [-0.15, -0.1) is 0 Å². The third kappa shape index (κ3) is 2.81. The van der Waals surface area contributed by atoms with Crippen molar-refractivity contribution in [1.29, 1.82) is 0 Å². The van der Waals surface area contributed by atoms with Crippen molar-refractivity contribution in [3.63, 3.8) is 0 Å². The zero-order valence-corrected chi connectivity index (χ0v) is 9.83. The standard InChI is InChI=1S/C11H18N2O2/c1-8-9(2)12-13(10(8)3)7-5-6-11(14)15-4/h5-7H2,1-4H3. The van der Waals surface area contributed by atoms with Gasteiger partial charge in [-0.3, -0.25) is 9.48 Å². The van der Waals surface area contributed by atoms with Crippen LogP contribution >= 0.6 is 0 Å². The minimum atomic E-state index is -0.159. The van der Waals surface area contributed by atoms with E-state index in [-0.39, 0.29) is 5.97 Å². The maximum atomic E-state index is 10.9. The van der Waals surface area contributed by atoms with Gasteiger partial charge in [-0.05, 0) is 32.8 Å². The van der Waals surface area contributed by atoms with Crippen molar-refractivity contribution in [2.45, 2.75) is 40.2 Å². The van der Waals surface area contributed by atoms with Gasteiger partial charge in [0.05, 0.1) is 12.8 Å². The molecule has 0 atom stereocenters. The third-order valence-corrected chi connectivity index (χ3v) is 2.72. The molecule has 1 aromatic heterocycles. The first-order valence-corrected chi connectivity index (χ1v) is 5.13. The molecule has 0 spiro atoms. The number of carbonyl (C=O) groups is 1. The Hall–Kier alpha value is -1.32. The van der Waals surface area contributed by atoms with Crippen LogP contribution in [0.1, 0.15) is 29.8 Å². The van der Waals surface area contributed by atoms with Gasteiger partial charge in [0, 0.05) is 18.7 Å². The molecule has 0 radical (unpaired) electrons. The highest BCUT2D eigenvalue weighted by molar-refractivity contribution is 5.68. The van der Waals surface area contributed by atoms with E-state index in [1.807, 2.05) is 18.5 Å². The van der Waals surface area contributed by atoms with Crippen LogP contribution in [0.25, 0.3) is 0 Å². The van der Waals surface area contributed by atoms with Gasteiger partial charge >= 0.3 is 5.97 Å². The highest BCUT2D eigenvalue weighted by Crippen LogP contribution is 2.11. The van der Waals surface area contributed by atoms with E-state index in [4.69, 9.17) is 0 Å². The van der Waals surface area contributed by atoms with E-state index in [0.29, 0.717) is 6.42 Å². The van der Waals surface area contributed by atoms with Crippen LogP contribution in [0.15, 0.2) is 0 Å². The molecule has 0 bridgehead atoms. The van der Waals surface area contributed by atoms with Crippen molar-refractivity contribution >= 4 is 5.97 Å². The second kappa shape index (κ2) is 4.96. The number of ether oxygens (including phenoxy) is 1. The molecule has 1 rings (SSSR count). The Balaban J connectivity index is 2.51. The van der Waals surface area contributed by atoms with Crippen molar-refractivity contribution in [3.8, 4) is 0 Å². The van der Waals surface area contributed by atoms with Crippen LogP contribution < -0.4 is 0 Å². The summed E-state index contributed by atoms with van der Waals surface area (Å²) < 4.78 is 6.53. The van der Waals surface area contributed by atoms with Crippen LogP contribution in [-0.4, -0.2) is 22.9 Å². The summed E-state index contributed by atoms with van der Waals surface area (Å²) in [6, 6.07) is 0. The summed E-state index contributed by atoms with van der Waals surface area (Å²) >= 11 is 0. The minimum Gasteiger partial charge on any atom is -0.469 e. The Labute approximate surface area is 90.2 Å². The molecule has 0 aromatic carbocycles. The summed E-state index contributed by atoms with van der Waals surface area (Å²) in [4.78, 5) is 10.9. The number of hydrogen-bond donors (Lipinski definition) is 0. The summed E-state index contributed by atoms with van der Waals surface area (Å²) in [6.07, 6.45) is 1.22. The fourth-order valence-corrected chi connectivity index (χ4v) is 1.48. The Morgan fingerprint density at radius 1 is 1.40 bits per heavy atom. The van der Waals surface area contributed by atoms with Gasteiger partial charge in [-0.1, -0.05) is 0 Å². The number of carbonyl (C=O) groups excluding carboxylic acids is 1. The van der Waals surface area contributed by atoms with Crippen LogP contribution in [0, 0.1) is 20.8 Å². The normalized spacial score (nSPS) is 10.4. The molecule has 1 heterocycles. The van der Waals surface area contributed by atoms with Gasteiger partial charge in [-0.25, -0.2) is 0 Å². The SMILES string of the molecule is COC(=O)CCCn1nc(C)c(C)c1C. The third-order valence-electron chi connectivity index (χ3n) is 2.72. The maximum Gasteiger partial charge on any atom is 0.305 e. The average molecular weight is 210 g/mol. The average Bonchev–Trinajstić information content (AvgIpc) is 2.46. The molecule has 0 amide bonds. The Morgan fingerprint density at radius 2 is 2.07 bits per heavy atom. The molecule has 0 aliphatic carbocycles. The molecule has 4 nitrogen and oxygen atoms in total. The van der Waals surface area contributed by atoms with Crippen molar-refractivity contribution in [2.75, 3.05) is 7.11 Å². The van der Waals surface area contributed by atoms with E-state index in [1.165, 1.54) is 18.4 Å². The van der Waals surface area contributed by atoms with Gasteiger partial charge in [0.25, 0.3) is 0 Å². The smallest absolute Gasteiger partial charge is 0.305 e. The fraction of sp³-hybridized carbons (Fsp3) is 0.636. The fourth-order valence-electron chi connectivity index (χ4n) is 1.48. The number of rotatable bonds is 4. The molecule has 0 unspecified atom stereocenters. The highest BCUT2D eigenvalue weighted by Gasteiger charge is 2.07. The molecule has 0 aliphatic rings. The van der Waals surface area contributed by atoms with Crippen molar-refractivity contribution in [1.82, 2.24) is 9.78 Å². The number of aromatic nitrogens is 2. The van der Waals surface area contributed by atoms with Crippen molar-refractivity contribution in [3.05, 3.63) is 17.0 Å². The molecule has 1 aromatic rings. The van der Waals surface area contributed by atoms with E-state index in [0.717, 1.165) is 18.7 Å². The van der Waals surface area contributed by atoms with Crippen molar-refractivity contribution < 1.29 is 9.53 Å². The molecule has 0 fully saturated rings. The number of methoxy groups -OCH3 is 1. The summed E-state index contributed by atoms with van der Waals surface area (Å²) in [5.74, 6) is -0.159. The molecular weight excluding hydrogens is 192 g/mol.